The number of aliphatic hydroxyl groups excluding tert-OH is 1. The van der Waals surface area contributed by atoms with E-state index in [2.05, 4.69) is 20.9 Å². The number of carbonyl (C=O) groups is 2. The molecule has 1 fully saturated rings. The highest BCUT2D eigenvalue weighted by atomic mass is 79.9. The SMILES string of the molecule is CCOC(=O)c1nc(N2CC(CO)CC2=O)sc1Br. The molecule has 104 valence electrons. The van der Waals surface area contributed by atoms with E-state index in [0.717, 1.165) is 0 Å². The monoisotopic (exact) mass is 348 g/mol. The number of thiazole rings is 1. The summed E-state index contributed by atoms with van der Waals surface area (Å²) in [5.41, 5.74) is 0.182. The van der Waals surface area contributed by atoms with Crippen LogP contribution >= 0.6 is 27.3 Å². The smallest absolute Gasteiger partial charge is 0.359 e. The van der Waals surface area contributed by atoms with Crippen LogP contribution in [0.3, 0.4) is 0 Å². The minimum absolute atomic E-state index is 0.0283. The average Bonchev–Trinajstić information content (AvgIpc) is 2.92. The van der Waals surface area contributed by atoms with Gasteiger partial charge in [0, 0.05) is 25.5 Å². The zero-order chi connectivity index (χ0) is 14.0. The lowest BCUT2D eigenvalue weighted by molar-refractivity contribution is -0.117. The molecule has 19 heavy (non-hydrogen) atoms. The van der Waals surface area contributed by atoms with Gasteiger partial charge in [-0.15, -0.1) is 0 Å². The molecule has 2 rings (SSSR count). The number of hydrogen-bond acceptors (Lipinski definition) is 6. The van der Waals surface area contributed by atoms with Gasteiger partial charge >= 0.3 is 5.97 Å². The number of halogens is 1. The Morgan fingerprint density at radius 3 is 3.00 bits per heavy atom. The lowest BCUT2D eigenvalue weighted by Crippen LogP contribution is -2.24. The fourth-order valence-corrected chi connectivity index (χ4v) is 3.31. The Morgan fingerprint density at radius 2 is 2.42 bits per heavy atom. The van der Waals surface area contributed by atoms with Gasteiger partial charge < -0.3 is 9.84 Å². The molecule has 1 unspecified atom stereocenters. The molecule has 1 amide bonds. The number of carbonyl (C=O) groups excluding carboxylic acids is 2. The van der Waals surface area contributed by atoms with Crippen LogP contribution in [0.1, 0.15) is 23.8 Å². The van der Waals surface area contributed by atoms with Gasteiger partial charge in [-0.25, -0.2) is 9.78 Å². The Labute approximate surface area is 122 Å². The molecule has 1 atom stereocenters. The molecular formula is C11H13BrN2O4S. The van der Waals surface area contributed by atoms with Crippen LogP contribution in [0.2, 0.25) is 0 Å². The van der Waals surface area contributed by atoms with Crippen LogP contribution in [-0.2, 0) is 9.53 Å². The van der Waals surface area contributed by atoms with Gasteiger partial charge in [-0.3, -0.25) is 9.69 Å². The molecule has 0 bridgehead atoms. The number of aromatic nitrogens is 1. The predicted molar refractivity (Wildman–Crippen MR) is 73.3 cm³/mol. The summed E-state index contributed by atoms with van der Waals surface area (Å²) in [6.45, 7) is 2.39. The van der Waals surface area contributed by atoms with Gasteiger partial charge in [0.15, 0.2) is 10.8 Å². The molecule has 8 heteroatoms. The largest absolute Gasteiger partial charge is 0.461 e. The van der Waals surface area contributed by atoms with Crippen LogP contribution in [0.25, 0.3) is 0 Å². The van der Waals surface area contributed by atoms with Crippen molar-refractivity contribution in [3.63, 3.8) is 0 Å². The molecule has 0 spiro atoms. The van der Waals surface area contributed by atoms with Gasteiger partial charge in [0.1, 0.15) is 3.79 Å². The topological polar surface area (TPSA) is 79.7 Å². The molecule has 0 radical (unpaired) electrons. The zero-order valence-electron chi connectivity index (χ0n) is 10.3. The van der Waals surface area contributed by atoms with E-state index in [1.165, 1.54) is 16.2 Å². The van der Waals surface area contributed by atoms with Crippen molar-refractivity contribution in [2.75, 3.05) is 24.7 Å². The highest BCUT2D eigenvalue weighted by Crippen LogP contribution is 2.34. The number of hydrogen-bond donors (Lipinski definition) is 1. The fraction of sp³-hybridized carbons (Fsp3) is 0.545. The number of aliphatic hydroxyl groups is 1. The Kier molecular flexibility index (Phi) is 4.54. The maximum atomic E-state index is 11.8. The van der Waals surface area contributed by atoms with Crippen molar-refractivity contribution in [3.8, 4) is 0 Å². The maximum absolute atomic E-state index is 11.8. The molecule has 1 aliphatic heterocycles. The van der Waals surface area contributed by atoms with Gasteiger partial charge in [-0.2, -0.15) is 0 Å². The van der Waals surface area contributed by atoms with Crippen molar-refractivity contribution in [1.29, 1.82) is 0 Å². The van der Waals surface area contributed by atoms with Crippen LogP contribution < -0.4 is 4.90 Å². The second kappa shape index (κ2) is 5.98. The summed E-state index contributed by atoms with van der Waals surface area (Å²) in [6.07, 6.45) is 0.308. The van der Waals surface area contributed by atoms with E-state index in [1.54, 1.807) is 6.92 Å². The summed E-state index contributed by atoms with van der Waals surface area (Å²) < 4.78 is 5.43. The third-order valence-electron chi connectivity index (χ3n) is 2.74. The molecule has 6 nitrogen and oxygen atoms in total. The van der Waals surface area contributed by atoms with E-state index in [1.807, 2.05) is 0 Å². The molecule has 1 aromatic heterocycles. The van der Waals surface area contributed by atoms with Crippen LogP contribution in [0.5, 0.6) is 0 Å². The number of amides is 1. The minimum Gasteiger partial charge on any atom is -0.461 e. The zero-order valence-corrected chi connectivity index (χ0v) is 12.7. The molecular weight excluding hydrogens is 336 g/mol. The Morgan fingerprint density at radius 1 is 1.68 bits per heavy atom. The van der Waals surface area contributed by atoms with Crippen molar-refractivity contribution < 1.29 is 19.4 Å². The summed E-state index contributed by atoms with van der Waals surface area (Å²) >= 11 is 4.47. The number of esters is 1. The van der Waals surface area contributed by atoms with Crippen molar-refractivity contribution in [1.82, 2.24) is 4.98 Å². The quantitative estimate of drug-likeness (QED) is 0.832. The van der Waals surface area contributed by atoms with Crippen molar-refractivity contribution >= 4 is 44.3 Å². The van der Waals surface area contributed by atoms with Crippen LogP contribution in [0, 0.1) is 5.92 Å². The molecule has 1 saturated heterocycles. The highest BCUT2D eigenvalue weighted by molar-refractivity contribution is 9.11. The molecule has 0 aromatic carbocycles. The molecule has 1 N–H and O–H groups in total. The molecule has 2 heterocycles. The normalized spacial score (nSPS) is 19.0. The van der Waals surface area contributed by atoms with Crippen LogP contribution in [0.4, 0.5) is 5.13 Å². The van der Waals surface area contributed by atoms with Crippen molar-refractivity contribution in [2.45, 2.75) is 13.3 Å². The lowest BCUT2D eigenvalue weighted by atomic mass is 10.1. The van der Waals surface area contributed by atoms with Gasteiger partial charge in [0.05, 0.1) is 6.61 Å². The lowest BCUT2D eigenvalue weighted by Gasteiger charge is -2.11. The van der Waals surface area contributed by atoms with E-state index >= 15 is 0 Å². The van der Waals surface area contributed by atoms with Gasteiger partial charge in [0.2, 0.25) is 5.91 Å². The van der Waals surface area contributed by atoms with Gasteiger partial charge in [-0.1, -0.05) is 11.3 Å². The van der Waals surface area contributed by atoms with Crippen LogP contribution in [-0.4, -0.2) is 41.7 Å². The van der Waals surface area contributed by atoms with Gasteiger partial charge in [-0.05, 0) is 22.9 Å². The van der Waals surface area contributed by atoms with E-state index in [0.29, 0.717) is 21.9 Å². The third kappa shape index (κ3) is 2.96. The van der Waals surface area contributed by atoms with E-state index in [4.69, 9.17) is 9.84 Å². The molecule has 0 saturated carbocycles. The summed E-state index contributed by atoms with van der Waals surface area (Å²) in [5, 5.41) is 9.54. The first kappa shape index (κ1) is 14.4. The number of nitrogens with zero attached hydrogens (tertiary/aromatic N) is 2. The Bertz CT molecular complexity index is 505. The minimum atomic E-state index is -0.512. The number of ether oxygens (including phenoxy) is 1. The van der Waals surface area contributed by atoms with E-state index < -0.39 is 5.97 Å². The first-order valence-electron chi connectivity index (χ1n) is 5.81. The highest BCUT2D eigenvalue weighted by Gasteiger charge is 2.33. The average molecular weight is 349 g/mol. The van der Waals surface area contributed by atoms with Crippen LogP contribution in [0.15, 0.2) is 3.79 Å². The second-order valence-corrected chi connectivity index (χ2v) is 6.39. The maximum Gasteiger partial charge on any atom is 0.359 e. The summed E-state index contributed by atoms with van der Waals surface area (Å²) in [6, 6.07) is 0. The Balaban J connectivity index is 2.20. The van der Waals surface area contributed by atoms with Gasteiger partial charge in [0.25, 0.3) is 0 Å². The third-order valence-corrected chi connectivity index (χ3v) is 4.47. The molecule has 1 aliphatic rings. The fourth-order valence-electron chi connectivity index (χ4n) is 1.82. The molecule has 1 aromatic rings. The first-order chi connectivity index (χ1) is 9.06. The number of anilines is 1. The summed E-state index contributed by atoms with van der Waals surface area (Å²) in [7, 11) is 0. The standard InChI is InChI=1S/C11H13BrN2O4S/c1-2-18-10(17)8-9(12)19-11(13-8)14-4-6(5-15)3-7(14)16/h6,15H,2-5H2,1H3. The second-order valence-electron chi connectivity index (χ2n) is 4.10. The van der Waals surface area contributed by atoms with Crippen molar-refractivity contribution in [2.24, 2.45) is 5.92 Å². The van der Waals surface area contributed by atoms with E-state index in [-0.39, 0.29) is 30.7 Å². The first-order valence-corrected chi connectivity index (χ1v) is 7.42. The number of rotatable bonds is 4. The summed E-state index contributed by atoms with van der Waals surface area (Å²) in [4.78, 5) is 29.1. The molecule has 0 aliphatic carbocycles. The Hall–Kier alpha value is -0.990. The summed E-state index contributed by atoms with van der Waals surface area (Å²) in [5.74, 6) is -0.667. The van der Waals surface area contributed by atoms with E-state index in [9.17, 15) is 9.59 Å². The van der Waals surface area contributed by atoms with Crippen molar-refractivity contribution in [3.05, 3.63) is 9.48 Å². The predicted octanol–water partition coefficient (Wildman–Crippen LogP) is 1.43.